The number of primary amides is 1. The summed E-state index contributed by atoms with van der Waals surface area (Å²) >= 11 is 0. The first-order valence-corrected chi connectivity index (χ1v) is 10.4. The molecule has 0 atom stereocenters. The second-order valence-corrected chi connectivity index (χ2v) is 8.67. The Labute approximate surface area is 154 Å². The van der Waals surface area contributed by atoms with E-state index in [1.54, 1.807) is 7.05 Å². The zero-order chi connectivity index (χ0) is 19.5. The Morgan fingerprint density at radius 3 is 2.31 bits per heavy atom. The van der Waals surface area contributed by atoms with Gasteiger partial charge < -0.3 is 15.6 Å². The normalized spacial score (nSPS) is 16.8. The Bertz CT molecular complexity index is 760. The quantitative estimate of drug-likeness (QED) is 0.724. The van der Waals surface area contributed by atoms with Gasteiger partial charge in [-0.25, -0.2) is 8.42 Å². The summed E-state index contributed by atoms with van der Waals surface area (Å²) in [7, 11) is -2.13. The molecule has 9 heteroatoms. The lowest BCUT2D eigenvalue weighted by Crippen LogP contribution is -2.45. The van der Waals surface area contributed by atoms with Gasteiger partial charge in [0.05, 0.1) is 0 Å². The zero-order valence-electron chi connectivity index (χ0n) is 15.6. The van der Waals surface area contributed by atoms with E-state index in [0.29, 0.717) is 12.8 Å². The van der Waals surface area contributed by atoms with Crippen LogP contribution in [0.3, 0.4) is 0 Å². The molecule has 1 fully saturated rings. The van der Waals surface area contributed by atoms with Gasteiger partial charge in [0.2, 0.25) is 15.9 Å². The van der Waals surface area contributed by atoms with Crippen molar-refractivity contribution < 1.29 is 18.0 Å². The van der Waals surface area contributed by atoms with Crippen LogP contribution in [0.25, 0.3) is 0 Å². The number of aryl methyl sites for hydroxylation is 1. The summed E-state index contributed by atoms with van der Waals surface area (Å²) in [4.78, 5) is 23.7. The molecule has 1 aliphatic rings. The highest BCUT2D eigenvalue weighted by molar-refractivity contribution is 7.89. The Hall–Kier alpha value is -1.87. The second-order valence-electron chi connectivity index (χ2n) is 6.74. The number of nitrogens with one attached hydrogen (secondary N) is 1. The van der Waals surface area contributed by atoms with Gasteiger partial charge in [-0.15, -0.1) is 0 Å². The van der Waals surface area contributed by atoms with Crippen LogP contribution in [0.5, 0.6) is 0 Å². The summed E-state index contributed by atoms with van der Waals surface area (Å²) in [5, 5.41) is 3.03. The summed E-state index contributed by atoms with van der Waals surface area (Å²) in [5.74, 6) is -0.837. The average Bonchev–Trinajstić information content (AvgIpc) is 3.02. The molecule has 8 nitrogen and oxygen atoms in total. The molecular weight excluding hydrogens is 356 g/mol. The summed E-state index contributed by atoms with van der Waals surface area (Å²) in [6.07, 6.45) is 4.13. The summed E-state index contributed by atoms with van der Waals surface area (Å²) in [6, 6.07) is 1.46. The van der Waals surface area contributed by atoms with Crippen molar-refractivity contribution in [1.82, 2.24) is 14.2 Å². The zero-order valence-corrected chi connectivity index (χ0v) is 16.4. The molecule has 0 spiro atoms. The van der Waals surface area contributed by atoms with Crippen LogP contribution in [0.15, 0.2) is 17.2 Å². The lowest BCUT2D eigenvalue weighted by molar-refractivity contribution is -0.126. The molecule has 146 valence electrons. The van der Waals surface area contributed by atoms with Gasteiger partial charge in [0, 0.05) is 38.3 Å². The van der Waals surface area contributed by atoms with Gasteiger partial charge in [-0.1, -0.05) is 13.8 Å². The lowest BCUT2D eigenvalue weighted by Gasteiger charge is -2.31. The molecule has 3 N–H and O–H groups in total. The summed E-state index contributed by atoms with van der Waals surface area (Å²) < 4.78 is 28.3. The van der Waals surface area contributed by atoms with Crippen molar-refractivity contribution in [2.75, 3.05) is 13.1 Å². The van der Waals surface area contributed by atoms with Crippen molar-refractivity contribution in [1.29, 1.82) is 0 Å². The van der Waals surface area contributed by atoms with Crippen LogP contribution in [0.2, 0.25) is 0 Å². The number of hydrogen-bond donors (Lipinski definition) is 2. The number of carbonyl (C=O) groups excluding carboxylic acids is 2. The van der Waals surface area contributed by atoms with Gasteiger partial charge in [-0.05, 0) is 31.7 Å². The first-order chi connectivity index (χ1) is 12.2. The smallest absolute Gasteiger partial charge is 0.265 e. The van der Waals surface area contributed by atoms with Crippen LogP contribution < -0.4 is 11.1 Å². The Morgan fingerprint density at radius 1 is 1.27 bits per heavy atom. The van der Waals surface area contributed by atoms with Crippen LogP contribution in [0, 0.1) is 5.92 Å². The molecule has 0 unspecified atom stereocenters. The standard InChI is InChI=1S/C17H28N4O4S/c1-4-13(5-2)19-17(23)12-6-8-21(9-7-12)26(24,25)14-10-15(16(18)22)20(3)11-14/h10-13H,4-9H2,1-3H3,(H2,18,22)(H,19,23). The Morgan fingerprint density at radius 2 is 1.85 bits per heavy atom. The van der Waals surface area contributed by atoms with Gasteiger partial charge in [0.1, 0.15) is 10.6 Å². The average molecular weight is 385 g/mol. The van der Waals surface area contributed by atoms with Gasteiger partial charge in [0.25, 0.3) is 5.91 Å². The van der Waals surface area contributed by atoms with E-state index in [1.807, 2.05) is 13.8 Å². The monoisotopic (exact) mass is 384 g/mol. The van der Waals surface area contributed by atoms with Crippen molar-refractivity contribution in [3.8, 4) is 0 Å². The number of sulfonamides is 1. The third-order valence-corrected chi connectivity index (χ3v) is 6.89. The molecule has 2 rings (SSSR count). The number of carbonyl (C=O) groups is 2. The maximum atomic E-state index is 12.8. The van der Waals surface area contributed by atoms with Gasteiger partial charge >= 0.3 is 0 Å². The van der Waals surface area contributed by atoms with E-state index in [1.165, 1.54) is 21.1 Å². The van der Waals surface area contributed by atoms with Crippen LogP contribution in [-0.4, -0.2) is 48.2 Å². The predicted molar refractivity (Wildman–Crippen MR) is 97.9 cm³/mol. The molecule has 26 heavy (non-hydrogen) atoms. The first-order valence-electron chi connectivity index (χ1n) is 8.97. The lowest BCUT2D eigenvalue weighted by atomic mass is 9.96. The molecule has 0 radical (unpaired) electrons. The van der Waals surface area contributed by atoms with E-state index >= 15 is 0 Å². The van der Waals surface area contributed by atoms with E-state index in [2.05, 4.69) is 5.32 Å². The van der Waals surface area contributed by atoms with Crippen LogP contribution >= 0.6 is 0 Å². The number of rotatable bonds is 7. The maximum absolute atomic E-state index is 12.8. The van der Waals surface area contributed by atoms with Crippen molar-refractivity contribution in [2.45, 2.75) is 50.5 Å². The molecule has 0 saturated carbocycles. The fraction of sp³-hybridized carbons (Fsp3) is 0.647. The number of nitrogens with two attached hydrogens (primary N) is 1. The van der Waals surface area contributed by atoms with Gasteiger partial charge in [-0.3, -0.25) is 9.59 Å². The van der Waals surface area contributed by atoms with Crippen molar-refractivity contribution in [2.24, 2.45) is 18.7 Å². The fourth-order valence-corrected chi connectivity index (χ4v) is 4.78. The van der Waals surface area contributed by atoms with E-state index in [4.69, 9.17) is 5.73 Å². The third-order valence-electron chi connectivity index (χ3n) is 5.03. The first kappa shape index (κ1) is 20.4. The van der Waals surface area contributed by atoms with Crippen LogP contribution in [-0.2, 0) is 21.9 Å². The highest BCUT2D eigenvalue weighted by atomic mass is 32.2. The minimum absolute atomic E-state index is 0.00599. The van der Waals surface area contributed by atoms with E-state index < -0.39 is 15.9 Å². The molecule has 1 aromatic rings. The minimum Gasteiger partial charge on any atom is -0.364 e. The molecule has 2 heterocycles. The van der Waals surface area contributed by atoms with Crippen LogP contribution in [0.1, 0.15) is 50.0 Å². The van der Waals surface area contributed by atoms with Gasteiger partial charge in [0.15, 0.2) is 0 Å². The second kappa shape index (κ2) is 8.22. The topological polar surface area (TPSA) is 114 Å². The maximum Gasteiger partial charge on any atom is 0.265 e. The van der Waals surface area contributed by atoms with Crippen molar-refractivity contribution >= 4 is 21.8 Å². The fourth-order valence-electron chi connectivity index (χ4n) is 3.24. The molecule has 0 aromatic carbocycles. The third kappa shape index (κ3) is 4.27. The predicted octanol–water partition coefficient (Wildman–Crippen LogP) is 0.830. The SMILES string of the molecule is CCC(CC)NC(=O)C1CCN(S(=O)(=O)c2cc(C(N)=O)n(C)c2)CC1. The van der Waals surface area contributed by atoms with E-state index in [9.17, 15) is 18.0 Å². The summed E-state index contributed by atoms with van der Waals surface area (Å²) in [5.41, 5.74) is 5.39. The number of hydrogen-bond acceptors (Lipinski definition) is 4. The van der Waals surface area contributed by atoms with Crippen molar-refractivity contribution in [3.05, 3.63) is 18.0 Å². The molecule has 1 aromatic heterocycles. The highest BCUT2D eigenvalue weighted by Gasteiger charge is 2.33. The molecular formula is C17H28N4O4S. The minimum atomic E-state index is -3.71. The number of aromatic nitrogens is 1. The van der Waals surface area contributed by atoms with Crippen molar-refractivity contribution in [3.63, 3.8) is 0 Å². The van der Waals surface area contributed by atoms with Crippen LogP contribution in [0.4, 0.5) is 0 Å². The number of amides is 2. The summed E-state index contributed by atoms with van der Waals surface area (Å²) in [6.45, 7) is 4.63. The van der Waals surface area contributed by atoms with E-state index in [-0.39, 0.29) is 41.5 Å². The molecule has 2 amide bonds. The molecule has 1 saturated heterocycles. The highest BCUT2D eigenvalue weighted by Crippen LogP contribution is 2.25. The molecule has 0 bridgehead atoms. The molecule has 1 aliphatic heterocycles. The number of piperidine rings is 1. The number of nitrogens with zero attached hydrogens (tertiary/aromatic N) is 2. The molecule has 0 aliphatic carbocycles. The van der Waals surface area contributed by atoms with E-state index in [0.717, 1.165) is 12.8 Å². The largest absolute Gasteiger partial charge is 0.364 e. The Balaban J connectivity index is 2.03. The Kier molecular flexibility index (Phi) is 6.46. The van der Waals surface area contributed by atoms with Gasteiger partial charge in [-0.2, -0.15) is 4.31 Å².